The third-order valence-corrected chi connectivity index (χ3v) is 4.45. The van der Waals surface area contributed by atoms with Crippen LogP contribution in [0.3, 0.4) is 0 Å². The summed E-state index contributed by atoms with van der Waals surface area (Å²) in [6.45, 7) is 4.66. The first-order valence-corrected chi connectivity index (χ1v) is 8.57. The molecule has 3 aromatic rings. The highest BCUT2D eigenvalue weighted by atomic mass is 16.5. The molecule has 26 heavy (non-hydrogen) atoms. The van der Waals surface area contributed by atoms with Crippen LogP contribution < -0.4 is 10.3 Å². The molecule has 5 heteroatoms. The monoisotopic (exact) mass is 350 g/mol. The average Bonchev–Trinajstić information content (AvgIpc) is 2.66. The molecule has 0 fully saturated rings. The number of hydrogen-bond acceptors (Lipinski definition) is 3. The molecule has 134 valence electrons. The molecule has 3 rings (SSSR count). The second-order valence-electron chi connectivity index (χ2n) is 6.26. The molecule has 0 aliphatic rings. The zero-order valence-corrected chi connectivity index (χ0v) is 15.2. The molecule has 1 heterocycles. The van der Waals surface area contributed by atoms with Crippen LogP contribution in [0.2, 0.25) is 0 Å². The van der Waals surface area contributed by atoms with E-state index in [-0.39, 0.29) is 18.0 Å². The van der Waals surface area contributed by atoms with Gasteiger partial charge in [0.05, 0.1) is 13.7 Å². The van der Waals surface area contributed by atoms with Crippen LogP contribution in [-0.2, 0) is 6.54 Å². The predicted octanol–water partition coefficient (Wildman–Crippen LogP) is 3.51. The van der Waals surface area contributed by atoms with Gasteiger partial charge in [-0.25, -0.2) is 0 Å². The molecular weight excluding hydrogens is 328 g/mol. The van der Waals surface area contributed by atoms with Gasteiger partial charge in [-0.1, -0.05) is 12.1 Å². The van der Waals surface area contributed by atoms with Crippen molar-refractivity contribution in [2.45, 2.75) is 20.4 Å². The van der Waals surface area contributed by atoms with Crippen molar-refractivity contribution in [3.8, 4) is 5.75 Å². The lowest BCUT2D eigenvalue weighted by Crippen LogP contribution is -2.32. The second-order valence-corrected chi connectivity index (χ2v) is 6.26. The molecule has 0 aliphatic heterocycles. The summed E-state index contributed by atoms with van der Waals surface area (Å²) >= 11 is 0. The van der Waals surface area contributed by atoms with Crippen LogP contribution in [0.25, 0.3) is 10.9 Å². The molecule has 0 bridgehead atoms. The molecule has 0 spiro atoms. The summed E-state index contributed by atoms with van der Waals surface area (Å²) in [7, 11) is 1.59. The Kier molecular flexibility index (Phi) is 5.07. The molecule has 0 radical (unpaired) electrons. The maximum Gasteiger partial charge on any atom is 0.254 e. The van der Waals surface area contributed by atoms with Crippen LogP contribution in [0.15, 0.2) is 53.3 Å². The fourth-order valence-electron chi connectivity index (χ4n) is 2.93. The van der Waals surface area contributed by atoms with Crippen molar-refractivity contribution in [2.24, 2.45) is 0 Å². The lowest BCUT2D eigenvalue weighted by atomic mass is 10.1. The van der Waals surface area contributed by atoms with Crippen molar-refractivity contribution in [1.82, 2.24) is 9.88 Å². The quantitative estimate of drug-likeness (QED) is 0.766. The molecule has 0 saturated carbocycles. The van der Waals surface area contributed by atoms with E-state index in [1.165, 1.54) is 0 Å². The van der Waals surface area contributed by atoms with Gasteiger partial charge in [0, 0.05) is 23.2 Å². The number of aromatic nitrogens is 1. The molecule has 0 saturated heterocycles. The maximum absolute atomic E-state index is 12.8. The number of nitrogens with one attached hydrogen (secondary N) is 1. The molecule has 2 aromatic carbocycles. The summed E-state index contributed by atoms with van der Waals surface area (Å²) in [5.41, 5.74) is 2.88. The van der Waals surface area contributed by atoms with Crippen molar-refractivity contribution < 1.29 is 9.53 Å². The fraction of sp³-hybridized carbons (Fsp3) is 0.238. The van der Waals surface area contributed by atoms with Gasteiger partial charge < -0.3 is 14.6 Å². The van der Waals surface area contributed by atoms with Crippen molar-refractivity contribution in [3.63, 3.8) is 0 Å². The number of methoxy groups -OCH3 is 1. The van der Waals surface area contributed by atoms with E-state index in [9.17, 15) is 9.59 Å². The SMILES string of the molecule is CCN(Cc1cc2ccc(C)cc2[nH]c1=O)C(=O)c1ccc(OC)cc1. The molecule has 0 atom stereocenters. The van der Waals surface area contributed by atoms with E-state index in [0.717, 1.165) is 16.5 Å². The van der Waals surface area contributed by atoms with Crippen LogP contribution in [0.1, 0.15) is 28.4 Å². The lowest BCUT2D eigenvalue weighted by Gasteiger charge is -2.21. The molecule has 1 N–H and O–H groups in total. The van der Waals surface area contributed by atoms with E-state index in [1.807, 2.05) is 38.1 Å². The van der Waals surface area contributed by atoms with E-state index in [4.69, 9.17) is 4.74 Å². The van der Waals surface area contributed by atoms with Crippen molar-refractivity contribution in [3.05, 3.63) is 75.6 Å². The van der Waals surface area contributed by atoms with Gasteiger partial charge in [-0.2, -0.15) is 0 Å². The largest absolute Gasteiger partial charge is 0.497 e. The van der Waals surface area contributed by atoms with Crippen molar-refractivity contribution in [1.29, 1.82) is 0 Å². The molecule has 1 aromatic heterocycles. The zero-order valence-electron chi connectivity index (χ0n) is 15.2. The highest BCUT2D eigenvalue weighted by Gasteiger charge is 2.16. The third-order valence-electron chi connectivity index (χ3n) is 4.45. The van der Waals surface area contributed by atoms with Gasteiger partial charge in [0.25, 0.3) is 11.5 Å². The smallest absolute Gasteiger partial charge is 0.254 e. The molecular formula is C21H22N2O3. The second kappa shape index (κ2) is 7.44. The normalized spacial score (nSPS) is 10.7. The Labute approximate surface area is 152 Å². The standard InChI is InChI=1S/C21H22N2O3/c1-4-23(21(25)15-7-9-18(26-3)10-8-15)13-17-12-16-6-5-14(2)11-19(16)22-20(17)24/h5-12H,4,13H2,1-3H3,(H,22,24). The lowest BCUT2D eigenvalue weighted by molar-refractivity contribution is 0.0752. The molecule has 1 amide bonds. The highest BCUT2D eigenvalue weighted by Crippen LogP contribution is 2.16. The first-order valence-electron chi connectivity index (χ1n) is 8.57. The number of carbonyl (C=O) groups is 1. The summed E-state index contributed by atoms with van der Waals surface area (Å²) in [4.78, 5) is 29.8. The number of hydrogen-bond donors (Lipinski definition) is 1. The molecule has 0 aliphatic carbocycles. The Morgan fingerprint density at radius 1 is 1.12 bits per heavy atom. The minimum atomic E-state index is -0.163. The number of amides is 1. The number of fused-ring (bicyclic) bond motifs is 1. The Morgan fingerprint density at radius 2 is 1.85 bits per heavy atom. The van der Waals surface area contributed by atoms with Gasteiger partial charge in [0.1, 0.15) is 5.75 Å². The zero-order chi connectivity index (χ0) is 18.7. The number of benzene rings is 2. The summed E-state index contributed by atoms with van der Waals surface area (Å²) < 4.78 is 5.13. The summed E-state index contributed by atoms with van der Waals surface area (Å²) in [5.74, 6) is 0.587. The number of aryl methyl sites for hydroxylation is 1. The Bertz CT molecular complexity index is 990. The maximum atomic E-state index is 12.8. The number of aromatic amines is 1. The van der Waals surface area contributed by atoms with Crippen LogP contribution in [0.5, 0.6) is 5.75 Å². The summed E-state index contributed by atoms with van der Waals surface area (Å²) in [6.07, 6.45) is 0. The minimum absolute atomic E-state index is 0.112. The van der Waals surface area contributed by atoms with Crippen LogP contribution in [0, 0.1) is 6.92 Å². The third kappa shape index (κ3) is 3.61. The average molecular weight is 350 g/mol. The van der Waals surface area contributed by atoms with Crippen LogP contribution >= 0.6 is 0 Å². The minimum Gasteiger partial charge on any atom is -0.497 e. The van der Waals surface area contributed by atoms with Gasteiger partial charge >= 0.3 is 0 Å². The summed E-state index contributed by atoms with van der Waals surface area (Å²) in [5, 5.41) is 0.957. The van der Waals surface area contributed by atoms with Gasteiger partial charge in [0.2, 0.25) is 0 Å². The van der Waals surface area contributed by atoms with Crippen molar-refractivity contribution >= 4 is 16.8 Å². The number of nitrogens with zero attached hydrogens (tertiary/aromatic N) is 1. The van der Waals surface area contributed by atoms with Crippen molar-refractivity contribution in [2.75, 3.05) is 13.7 Å². The summed E-state index contributed by atoms with van der Waals surface area (Å²) in [6, 6.07) is 14.8. The first kappa shape index (κ1) is 17.7. The van der Waals surface area contributed by atoms with E-state index < -0.39 is 0 Å². The van der Waals surface area contributed by atoms with Crippen LogP contribution in [0.4, 0.5) is 0 Å². The number of carbonyl (C=O) groups excluding carboxylic acids is 1. The Morgan fingerprint density at radius 3 is 2.50 bits per heavy atom. The number of H-pyrrole nitrogens is 1. The van der Waals surface area contributed by atoms with Gasteiger partial charge in [-0.05, 0) is 61.2 Å². The van der Waals surface area contributed by atoms with E-state index in [0.29, 0.717) is 23.4 Å². The Hall–Kier alpha value is -3.08. The topological polar surface area (TPSA) is 62.4 Å². The number of rotatable bonds is 5. The molecule has 5 nitrogen and oxygen atoms in total. The predicted molar refractivity (Wildman–Crippen MR) is 103 cm³/mol. The number of pyridine rings is 1. The first-order chi connectivity index (χ1) is 12.5. The van der Waals surface area contributed by atoms with Gasteiger partial charge in [-0.15, -0.1) is 0 Å². The van der Waals surface area contributed by atoms with Gasteiger partial charge in [-0.3, -0.25) is 9.59 Å². The fourth-order valence-corrected chi connectivity index (χ4v) is 2.93. The van der Waals surface area contributed by atoms with E-state index in [1.54, 1.807) is 36.3 Å². The Balaban J connectivity index is 1.88. The highest BCUT2D eigenvalue weighted by molar-refractivity contribution is 5.94. The van der Waals surface area contributed by atoms with E-state index >= 15 is 0 Å². The van der Waals surface area contributed by atoms with Crippen LogP contribution in [-0.4, -0.2) is 29.4 Å². The molecule has 0 unspecified atom stereocenters. The van der Waals surface area contributed by atoms with Gasteiger partial charge in [0.15, 0.2) is 0 Å². The number of ether oxygens (including phenoxy) is 1. The van der Waals surface area contributed by atoms with E-state index in [2.05, 4.69) is 4.98 Å².